The molecule has 0 radical (unpaired) electrons. The Morgan fingerprint density at radius 2 is 2.29 bits per heavy atom. The van der Waals surface area contributed by atoms with Gasteiger partial charge in [-0.05, 0) is 15.9 Å². The van der Waals surface area contributed by atoms with Crippen molar-refractivity contribution in [3.63, 3.8) is 0 Å². The first-order valence-corrected chi connectivity index (χ1v) is 4.30. The molecule has 0 amide bonds. The SMILES string of the molecule is O=C(O)Cc1c(Br)cncc1[N+](=O)[O-]. The molecule has 0 fully saturated rings. The van der Waals surface area contributed by atoms with E-state index in [1.165, 1.54) is 6.20 Å². The third-order valence-electron chi connectivity index (χ3n) is 1.51. The fraction of sp³-hybridized carbons (Fsp3) is 0.143. The van der Waals surface area contributed by atoms with Crippen LogP contribution in [0.2, 0.25) is 0 Å². The van der Waals surface area contributed by atoms with Crippen molar-refractivity contribution in [1.82, 2.24) is 4.98 Å². The van der Waals surface area contributed by atoms with Crippen molar-refractivity contribution in [2.75, 3.05) is 0 Å². The van der Waals surface area contributed by atoms with Crippen molar-refractivity contribution in [3.05, 3.63) is 32.5 Å². The first-order valence-electron chi connectivity index (χ1n) is 3.51. The van der Waals surface area contributed by atoms with Crippen molar-refractivity contribution >= 4 is 27.6 Å². The molecule has 0 saturated heterocycles. The van der Waals surface area contributed by atoms with Gasteiger partial charge in [-0.1, -0.05) is 0 Å². The van der Waals surface area contributed by atoms with Gasteiger partial charge in [-0.15, -0.1) is 0 Å². The van der Waals surface area contributed by atoms with Crippen LogP contribution in [0.1, 0.15) is 5.56 Å². The van der Waals surface area contributed by atoms with E-state index < -0.39 is 17.3 Å². The summed E-state index contributed by atoms with van der Waals surface area (Å²) in [7, 11) is 0. The number of carboxylic acids is 1. The highest BCUT2D eigenvalue weighted by Crippen LogP contribution is 2.25. The van der Waals surface area contributed by atoms with Gasteiger partial charge in [0.1, 0.15) is 6.20 Å². The number of hydrogen-bond acceptors (Lipinski definition) is 4. The number of pyridine rings is 1. The van der Waals surface area contributed by atoms with Gasteiger partial charge in [0.15, 0.2) is 0 Å². The summed E-state index contributed by atoms with van der Waals surface area (Å²) in [6.45, 7) is 0. The number of hydrogen-bond donors (Lipinski definition) is 1. The summed E-state index contributed by atoms with van der Waals surface area (Å²) >= 11 is 3.01. The summed E-state index contributed by atoms with van der Waals surface area (Å²) in [6, 6.07) is 0. The van der Waals surface area contributed by atoms with Gasteiger partial charge in [0.05, 0.1) is 16.9 Å². The zero-order valence-corrected chi connectivity index (χ0v) is 8.39. The van der Waals surface area contributed by atoms with Gasteiger partial charge in [0, 0.05) is 10.7 Å². The Morgan fingerprint density at radius 1 is 1.64 bits per heavy atom. The Balaban J connectivity index is 3.22. The third kappa shape index (κ3) is 2.25. The Morgan fingerprint density at radius 3 is 2.79 bits per heavy atom. The average Bonchev–Trinajstić information content (AvgIpc) is 2.07. The molecule has 0 aliphatic rings. The van der Waals surface area contributed by atoms with Crippen LogP contribution in [0.4, 0.5) is 5.69 Å². The molecule has 0 aliphatic heterocycles. The molecule has 14 heavy (non-hydrogen) atoms. The van der Waals surface area contributed by atoms with E-state index >= 15 is 0 Å². The Labute approximate surface area is 86.9 Å². The number of rotatable bonds is 3. The molecule has 0 unspecified atom stereocenters. The molecule has 6 nitrogen and oxygen atoms in total. The van der Waals surface area contributed by atoms with Crippen LogP contribution in [-0.4, -0.2) is 21.0 Å². The molecule has 1 aromatic heterocycles. The molecule has 1 aromatic rings. The third-order valence-corrected chi connectivity index (χ3v) is 2.19. The van der Waals surface area contributed by atoms with Crippen LogP contribution in [0.25, 0.3) is 0 Å². The van der Waals surface area contributed by atoms with Crippen LogP contribution in [0.15, 0.2) is 16.9 Å². The lowest BCUT2D eigenvalue weighted by atomic mass is 10.2. The lowest BCUT2D eigenvalue weighted by Gasteiger charge is -2.01. The molecular weight excluding hydrogens is 256 g/mol. The molecule has 0 spiro atoms. The predicted molar refractivity (Wildman–Crippen MR) is 49.9 cm³/mol. The van der Waals surface area contributed by atoms with Crippen LogP contribution in [0.5, 0.6) is 0 Å². The topological polar surface area (TPSA) is 93.3 Å². The fourth-order valence-electron chi connectivity index (χ4n) is 0.935. The number of nitrogens with zero attached hydrogens (tertiary/aromatic N) is 2. The number of carbonyl (C=O) groups is 1. The minimum absolute atomic E-state index is 0.123. The van der Waals surface area contributed by atoms with Crippen LogP contribution in [0, 0.1) is 10.1 Å². The second-order valence-electron chi connectivity index (χ2n) is 2.45. The number of carboxylic acid groups (broad SMARTS) is 1. The second-order valence-corrected chi connectivity index (χ2v) is 3.30. The van der Waals surface area contributed by atoms with Crippen molar-refractivity contribution in [2.45, 2.75) is 6.42 Å². The highest BCUT2D eigenvalue weighted by molar-refractivity contribution is 9.10. The standard InChI is InChI=1S/C7H5BrN2O4/c8-5-2-9-3-6(10(13)14)4(5)1-7(11)12/h2-3H,1H2,(H,11,12). The number of nitro groups is 1. The van der Waals surface area contributed by atoms with E-state index in [2.05, 4.69) is 20.9 Å². The van der Waals surface area contributed by atoms with Gasteiger partial charge in [0.25, 0.3) is 5.69 Å². The molecule has 7 heteroatoms. The van der Waals surface area contributed by atoms with E-state index in [0.29, 0.717) is 4.47 Å². The molecule has 1 N–H and O–H groups in total. The fourth-order valence-corrected chi connectivity index (χ4v) is 1.40. The molecule has 74 valence electrons. The predicted octanol–water partition coefficient (Wildman–Crippen LogP) is 1.38. The average molecular weight is 261 g/mol. The summed E-state index contributed by atoms with van der Waals surface area (Å²) in [5.41, 5.74) is -0.167. The molecule has 1 rings (SSSR count). The maximum absolute atomic E-state index is 10.5. The Hall–Kier alpha value is -1.50. The van der Waals surface area contributed by atoms with E-state index in [9.17, 15) is 14.9 Å². The Kier molecular flexibility index (Phi) is 3.13. The monoisotopic (exact) mass is 260 g/mol. The zero-order valence-electron chi connectivity index (χ0n) is 6.81. The number of aromatic nitrogens is 1. The lowest BCUT2D eigenvalue weighted by Crippen LogP contribution is -2.05. The van der Waals surface area contributed by atoms with E-state index in [0.717, 1.165) is 6.20 Å². The molecule has 0 saturated carbocycles. The number of halogens is 1. The highest BCUT2D eigenvalue weighted by Gasteiger charge is 2.19. The molecule has 0 aliphatic carbocycles. The van der Waals surface area contributed by atoms with Crippen LogP contribution < -0.4 is 0 Å². The second kappa shape index (κ2) is 4.14. The number of aliphatic carboxylic acids is 1. The molecule has 0 bridgehead atoms. The van der Waals surface area contributed by atoms with Crippen molar-refractivity contribution < 1.29 is 14.8 Å². The largest absolute Gasteiger partial charge is 0.481 e. The van der Waals surface area contributed by atoms with Crippen molar-refractivity contribution in [2.24, 2.45) is 0 Å². The van der Waals surface area contributed by atoms with Gasteiger partial charge < -0.3 is 5.11 Å². The quantitative estimate of drug-likeness (QED) is 0.655. The lowest BCUT2D eigenvalue weighted by molar-refractivity contribution is -0.385. The van der Waals surface area contributed by atoms with E-state index in [-0.39, 0.29) is 11.3 Å². The van der Waals surface area contributed by atoms with Gasteiger partial charge in [0.2, 0.25) is 0 Å². The first kappa shape index (κ1) is 10.6. The Bertz CT molecular complexity index is 393. The molecule has 0 atom stereocenters. The van der Waals surface area contributed by atoms with E-state index in [4.69, 9.17) is 5.11 Å². The van der Waals surface area contributed by atoms with Crippen LogP contribution >= 0.6 is 15.9 Å². The van der Waals surface area contributed by atoms with Gasteiger partial charge in [-0.25, -0.2) is 0 Å². The van der Waals surface area contributed by atoms with Crippen LogP contribution in [-0.2, 0) is 11.2 Å². The summed E-state index contributed by atoms with van der Waals surface area (Å²) in [6.07, 6.45) is 1.95. The summed E-state index contributed by atoms with van der Waals surface area (Å²) < 4.78 is 0.328. The van der Waals surface area contributed by atoms with E-state index in [1.807, 2.05) is 0 Å². The van der Waals surface area contributed by atoms with Gasteiger partial charge in [-0.2, -0.15) is 0 Å². The zero-order chi connectivity index (χ0) is 10.7. The van der Waals surface area contributed by atoms with E-state index in [1.54, 1.807) is 0 Å². The van der Waals surface area contributed by atoms with Crippen molar-refractivity contribution in [3.8, 4) is 0 Å². The first-order chi connectivity index (χ1) is 6.52. The minimum Gasteiger partial charge on any atom is -0.481 e. The summed E-state index contributed by atoms with van der Waals surface area (Å²) in [4.78, 5) is 23.9. The van der Waals surface area contributed by atoms with Gasteiger partial charge in [-0.3, -0.25) is 19.9 Å². The molecule has 1 heterocycles. The maximum atomic E-state index is 10.5. The highest BCUT2D eigenvalue weighted by atomic mass is 79.9. The van der Waals surface area contributed by atoms with Gasteiger partial charge >= 0.3 is 5.97 Å². The van der Waals surface area contributed by atoms with Crippen molar-refractivity contribution in [1.29, 1.82) is 0 Å². The summed E-state index contributed by atoms with van der Waals surface area (Å²) in [5, 5.41) is 19.0. The minimum atomic E-state index is -1.12. The molecular formula is C7H5BrN2O4. The molecule has 0 aromatic carbocycles. The summed E-state index contributed by atoms with van der Waals surface area (Å²) in [5.74, 6) is -1.12. The smallest absolute Gasteiger partial charge is 0.308 e. The normalized spacial score (nSPS) is 9.79. The van der Waals surface area contributed by atoms with Crippen LogP contribution in [0.3, 0.4) is 0 Å². The maximum Gasteiger partial charge on any atom is 0.308 e.